The molecule has 1 rings (SSSR count). The van der Waals surface area contributed by atoms with Crippen LogP contribution in [0.3, 0.4) is 0 Å². The number of aliphatic carboxylic acids is 1. The highest BCUT2D eigenvalue weighted by Gasteiger charge is 2.07. The number of carbonyl (C=O) groups is 1. The molecule has 1 unspecified atom stereocenters. The van der Waals surface area contributed by atoms with Crippen molar-refractivity contribution in [2.24, 2.45) is 5.73 Å². The molecule has 4 N–H and O–H groups in total. The lowest BCUT2D eigenvalue weighted by Gasteiger charge is -2.05. The van der Waals surface area contributed by atoms with Crippen molar-refractivity contribution in [1.82, 2.24) is 0 Å². The second-order valence-corrected chi connectivity index (χ2v) is 4.70. The Morgan fingerprint density at radius 3 is 2.33 bits per heavy atom. The van der Waals surface area contributed by atoms with Gasteiger partial charge < -0.3 is 15.9 Å². The van der Waals surface area contributed by atoms with Crippen molar-refractivity contribution in [3.8, 4) is 0 Å². The van der Waals surface area contributed by atoms with E-state index < -0.39 is 18.6 Å². The van der Waals surface area contributed by atoms with Gasteiger partial charge in [-0.1, -0.05) is 63.8 Å². The quantitative estimate of drug-likeness (QED) is 0.627. The maximum absolute atomic E-state index is 9.65. The minimum Gasteiger partial charge on any atom is -0.480 e. The van der Waals surface area contributed by atoms with Crippen molar-refractivity contribution in [2.75, 3.05) is 6.61 Å². The average Bonchev–Trinajstić information content (AvgIpc) is 2.54. The number of aliphatic hydroxyl groups is 1. The van der Waals surface area contributed by atoms with Crippen LogP contribution in [-0.4, -0.2) is 28.8 Å². The lowest BCUT2D eigenvalue weighted by molar-refractivity contribution is -0.139. The van der Waals surface area contributed by atoms with E-state index in [1.165, 1.54) is 44.9 Å². The fraction of sp³-hybridized carbons (Fsp3) is 0.706. The fourth-order valence-electron chi connectivity index (χ4n) is 1.69. The first-order valence-corrected chi connectivity index (χ1v) is 8.06. The zero-order chi connectivity index (χ0) is 16.5. The first-order valence-electron chi connectivity index (χ1n) is 8.06. The fourth-order valence-corrected chi connectivity index (χ4v) is 1.69. The summed E-state index contributed by atoms with van der Waals surface area (Å²) >= 11 is 0. The van der Waals surface area contributed by atoms with Crippen LogP contribution < -0.4 is 5.73 Å². The summed E-state index contributed by atoms with van der Waals surface area (Å²) in [7, 11) is 0. The molecule has 0 aromatic carbocycles. The summed E-state index contributed by atoms with van der Waals surface area (Å²) < 4.78 is 0. The summed E-state index contributed by atoms with van der Waals surface area (Å²) in [4.78, 5) is 9.65. The van der Waals surface area contributed by atoms with E-state index in [2.05, 4.69) is 25.2 Å². The van der Waals surface area contributed by atoms with Gasteiger partial charge in [0.25, 0.3) is 0 Å². The predicted molar refractivity (Wildman–Crippen MR) is 89.3 cm³/mol. The van der Waals surface area contributed by atoms with Crippen LogP contribution in [0.1, 0.15) is 65.7 Å². The Morgan fingerprint density at radius 1 is 1.29 bits per heavy atom. The third kappa shape index (κ3) is 15.1. The van der Waals surface area contributed by atoms with Gasteiger partial charge in [0, 0.05) is 0 Å². The third-order valence-electron chi connectivity index (χ3n) is 2.90. The summed E-state index contributed by atoms with van der Waals surface area (Å²) in [6.07, 6.45) is 16.3. The Kier molecular flexibility index (Phi) is 17.9. The van der Waals surface area contributed by atoms with E-state index in [0.717, 1.165) is 0 Å². The first kappa shape index (κ1) is 22.2. The molecule has 0 aliphatic heterocycles. The summed E-state index contributed by atoms with van der Waals surface area (Å²) in [6.45, 7) is 5.76. The maximum Gasteiger partial charge on any atom is 0.322 e. The largest absolute Gasteiger partial charge is 0.480 e. The molecule has 0 radical (unpaired) electrons. The van der Waals surface area contributed by atoms with Crippen molar-refractivity contribution < 1.29 is 15.0 Å². The molecule has 0 spiro atoms. The Hall–Kier alpha value is -1.13. The second-order valence-electron chi connectivity index (χ2n) is 4.70. The Balaban J connectivity index is 0. The maximum atomic E-state index is 9.65. The molecule has 1 aliphatic carbocycles. The number of unbranched alkanes of at least 4 members (excludes halogenated alkanes) is 3. The summed E-state index contributed by atoms with van der Waals surface area (Å²) in [5.74, 6) is -1.18. The van der Waals surface area contributed by atoms with E-state index in [4.69, 9.17) is 15.9 Å². The van der Waals surface area contributed by atoms with Gasteiger partial charge in [-0.2, -0.15) is 0 Å². The number of allylic oxidation sites excluding steroid dienone is 4. The number of hydrogen-bond donors (Lipinski definition) is 3. The molecule has 1 aliphatic rings. The molecule has 21 heavy (non-hydrogen) atoms. The van der Waals surface area contributed by atoms with Crippen molar-refractivity contribution in [3.05, 3.63) is 23.8 Å². The van der Waals surface area contributed by atoms with Gasteiger partial charge in [-0.05, 0) is 25.7 Å². The number of hydrogen-bond acceptors (Lipinski definition) is 3. The van der Waals surface area contributed by atoms with E-state index >= 15 is 0 Å². The topological polar surface area (TPSA) is 83.5 Å². The normalized spacial score (nSPS) is 14.0. The first-order chi connectivity index (χ1) is 10.1. The van der Waals surface area contributed by atoms with Crippen molar-refractivity contribution >= 4 is 5.97 Å². The smallest absolute Gasteiger partial charge is 0.322 e. The lowest BCUT2D eigenvalue weighted by Crippen LogP contribution is -2.33. The Bertz CT molecular complexity index is 298. The van der Waals surface area contributed by atoms with Crippen LogP contribution in [0.4, 0.5) is 0 Å². The zero-order valence-corrected chi connectivity index (χ0v) is 13.8. The van der Waals surface area contributed by atoms with Crippen LogP contribution in [0.15, 0.2) is 23.8 Å². The number of nitrogens with two attached hydrogens (primary N) is 1. The van der Waals surface area contributed by atoms with E-state index in [9.17, 15) is 4.79 Å². The molecule has 0 aromatic rings. The molecule has 1 atom stereocenters. The number of carboxylic acids is 1. The zero-order valence-electron chi connectivity index (χ0n) is 13.8. The monoisotopic (exact) mass is 299 g/mol. The Morgan fingerprint density at radius 2 is 1.95 bits per heavy atom. The second kappa shape index (κ2) is 16.9. The molecule has 0 aromatic heterocycles. The van der Waals surface area contributed by atoms with Gasteiger partial charge in [-0.15, -0.1) is 0 Å². The number of rotatable bonds is 7. The lowest BCUT2D eigenvalue weighted by atomic mass is 10.0. The molecular formula is C17H33NO3. The van der Waals surface area contributed by atoms with Crippen LogP contribution in [-0.2, 0) is 4.79 Å². The van der Waals surface area contributed by atoms with Crippen LogP contribution in [0.5, 0.6) is 0 Å². The van der Waals surface area contributed by atoms with Gasteiger partial charge >= 0.3 is 5.97 Å². The number of carboxylic acid groups (broad SMARTS) is 1. The molecule has 4 nitrogen and oxygen atoms in total. The molecular weight excluding hydrogens is 266 g/mol. The van der Waals surface area contributed by atoms with Gasteiger partial charge in [0.2, 0.25) is 0 Å². The van der Waals surface area contributed by atoms with E-state index in [1.807, 2.05) is 13.8 Å². The van der Waals surface area contributed by atoms with E-state index in [0.29, 0.717) is 0 Å². The van der Waals surface area contributed by atoms with E-state index in [-0.39, 0.29) is 0 Å². The Labute approximate surface area is 129 Å². The molecule has 0 bridgehead atoms. The SMILES string of the molecule is CC.CCCCCCC1=CCCC=C1.NC(CO)C(=O)O. The van der Waals surface area contributed by atoms with Crippen LogP contribution in [0.25, 0.3) is 0 Å². The summed E-state index contributed by atoms with van der Waals surface area (Å²) in [5, 5.41) is 15.9. The minimum atomic E-state index is -1.18. The highest BCUT2D eigenvalue weighted by molar-refractivity contribution is 5.73. The summed E-state index contributed by atoms with van der Waals surface area (Å²) in [6, 6.07) is -1.13. The minimum absolute atomic E-state index is 0.505. The van der Waals surface area contributed by atoms with Gasteiger partial charge in [0.1, 0.15) is 6.04 Å². The molecule has 0 amide bonds. The molecule has 4 heteroatoms. The molecule has 0 heterocycles. The molecule has 0 saturated heterocycles. The highest BCUT2D eigenvalue weighted by atomic mass is 16.4. The average molecular weight is 299 g/mol. The van der Waals surface area contributed by atoms with Crippen LogP contribution in [0.2, 0.25) is 0 Å². The van der Waals surface area contributed by atoms with Crippen molar-refractivity contribution in [2.45, 2.75) is 71.8 Å². The molecule has 124 valence electrons. The highest BCUT2D eigenvalue weighted by Crippen LogP contribution is 2.16. The number of aliphatic hydroxyl groups excluding tert-OH is 1. The molecule has 0 saturated carbocycles. The molecule has 0 fully saturated rings. The van der Waals surface area contributed by atoms with Crippen molar-refractivity contribution in [3.63, 3.8) is 0 Å². The van der Waals surface area contributed by atoms with Crippen molar-refractivity contribution in [1.29, 1.82) is 0 Å². The summed E-state index contributed by atoms with van der Waals surface area (Å²) in [5.41, 5.74) is 6.33. The van der Waals surface area contributed by atoms with Gasteiger partial charge in [-0.3, -0.25) is 4.79 Å². The van der Waals surface area contributed by atoms with Crippen LogP contribution >= 0.6 is 0 Å². The van der Waals surface area contributed by atoms with Gasteiger partial charge in [0.15, 0.2) is 0 Å². The van der Waals surface area contributed by atoms with Gasteiger partial charge in [-0.25, -0.2) is 0 Å². The standard InChI is InChI=1S/C12H20.C3H7NO3.C2H6/c1-2-3-4-6-9-12-10-7-5-8-11-12;4-2(1-5)3(6)7;1-2/h7,10-11H,2-6,8-9H2,1H3;2,5H,1,4H2,(H,6,7);1-2H3. The van der Waals surface area contributed by atoms with Crippen LogP contribution in [0, 0.1) is 0 Å². The van der Waals surface area contributed by atoms with Gasteiger partial charge in [0.05, 0.1) is 6.61 Å². The predicted octanol–water partition coefficient (Wildman–Crippen LogP) is 3.65. The van der Waals surface area contributed by atoms with E-state index in [1.54, 1.807) is 5.57 Å². The third-order valence-corrected chi connectivity index (χ3v) is 2.90.